The Labute approximate surface area is 173 Å². The van der Waals surface area contributed by atoms with Crippen molar-refractivity contribution >= 4 is 56.7 Å². The summed E-state index contributed by atoms with van der Waals surface area (Å²) in [6, 6.07) is 9.31. The van der Waals surface area contributed by atoms with Crippen molar-refractivity contribution in [1.29, 1.82) is 0 Å². The molecule has 0 fully saturated rings. The summed E-state index contributed by atoms with van der Waals surface area (Å²) in [6.45, 7) is 1.47. The van der Waals surface area contributed by atoms with E-state index in [4.69, 9.17) is 27.6 Å². The Morgan fingerprint density at radius 3 is 2.69 bits per heavy atom. The molecule has 0 aliphatic heterocycles. The molecule has 2 heterocycles. The summed E-state index contributed by atoms with van der Waals surface area (Å²) in [5, 5.41) is 4.17. The van der Waals surface area contributed by atoms with Crippen LogP contribution in [0.4, 0.5) is 5.69 Å². The third-order valence-corrected chi connectivity index (χ3v) is 4.84. The van der Waals surface area contributed by atoms with Gasteiger partial charge in [-0.2, -0.15) is 0 Å². The molecule has 0 bridgehead atoms. The van der Waals surface area contributed by atoms with E-state index in [9.17, 15) is 14.4 Å². The number of fused-ring (bicyclic) bond motifs is 2. The van der Waals surface area contributed by atoms with Crippen molar-refractivity contribution in [3.05, 3.63) is 79.1 Å². The highest BCUT2D eigenvalue weighted by atomic mass is 35.5. The minimum atomic E-state index is -0.569. The molecule has 4 aromatic rings. The number of hydrogen-bond acceptors (Lipinski definition) is 5. The molecule has 0 spiro atoms. The number of nitrogens with one attached hydrogen (secondary N) is 1. The van der Waals surface area contributed by atoms with Crippen LogP contribution < -0.4 is 16.5 Å². The lowest BCUT2D eigenvalue weighted by molar-refractivity contribution is -0.114. The minimum absolute atomic E-state index is 0.0908. The van der Waals surface area contributed by atoms with Crippen LogP contribution in [0.1, 0.15) is 12.5 Å². The van der Waals surface area contributed by atoms with Gasteiger partial charge in [-0.15, -0.1) is 0 Å². The average molecular weight is 430 g/mol. The van der Waals surface area contributed by atoms with Crippen molar-refractivity contribution in [2.45, 2.75) is 13.5 Å². The molecule has 0 atom stereocenters. The molecule has 0 unspecified atom stereocenters. The number of rotatable bonds is 3. The molecule has 0 radical (unpaired) electrons. The zero-order valence-electron chi connectivity index (χ0n) is 15.0. The topological polar surface area (TPSA) is 94.2 Å². The summed E-state index contributed by atoms with van der Waals surface area (Å²) in [7, 11) is 0. The first kappa shape index (κ1) is 19.2. The van der Waals surface area contributed by atoms with Gasteiger partial charge in [-0.25, -0.2) is 9.78 Å². The lowest BCUT2D eigenvalue weighted by Gasteiger charge is -2.10. The maximum absolute atomic E-state index is 12.9. The van der Waals surface area contributed by atoms with Gasteiger partial charge in [-0.1, -0.05) is 23.2 Å². The number of halogens is 2. The molecule has 2 aromatic heterocycles. The van der Waals surface area contributed by atoms with Crippen LogP contribution >= 0.6 is 23.2 Å². The summed E-state index contributed by atoms with van der Waals surface area (Å²) in [6.07, 6.45) is 1.37. The summed E-state index contributed by atoms with van der Waals surface area (Å²) in [4.78, 5) is 40.4. The van der Waals surface area contributed by atoms with Crippen molar-refractivity contribution in [1.82, 2.24) is 9.55 Å². The molecule has 0 saturated heterocycles. The molecule has 146 valence electrons. The SMILES string of the molecule is CC(=O)Nc1ccc2c(Cn3cnc4c(Cl)cc(Cl)cc4c3=O)cc(=O)oc2c1. The normalized spacial score (nSPS) is 11.1. The summed E-state index contributed by atoms with van der Waals surface area (Å²) in [5.41, 5.74) is 0.818. The molecule has 29 heavy (non-hydrogen) atoms. The van der Waals surface area contributed by atoms with Crippen LogP contribution in [0.15, 0.2) is 56.7 Å². The van der Waals surface area contributed by atoms with E-state index in [1.807, 2.05) is 0 Å². The quantitative estimate of drug-likeness (QED) is 0.499. The van der Waals surface area contributed by atoms with Gasteiger partial charge >= 0.3 is 5.63 Å². The number of aromatic nitrogens is 2. The van der Waals surface area contributed by atoms with Gasteiger partial charge in [-0.3, -0.25) is 14.2 Å². The second-order valence-electron chi connectivity index (χ2n) is 6.44. The third kappa shape index (κ3) is 3.74. The second kappa shape index (κ2) is 7.35. The summed E-state index contributed by atoms with van der Waals surface area (Å²) in [5.74, 6) is -0.242. The van der Waals surface area contributed by atoms with Crippen LogP contribution in [-0.2, 0) is 11.3 Å². The first-order valence-electron chi connectivity index (χ1n) is 8.50. The molecule has 0 saturated carbocycles. The van der Waals surface area contributed by atoms with Gasteiger partial charge in [0.05, 0.1) is 28.8 Å². The van der Waals surface area contributed by atoms with Crippen LogP contribution in [0, 0.1) is 0 Å². The largest absolute Gasteiger partial charge is 0.423 e. The molecular weight excluding hydrogens is 417 g/mol. The van der Waals surface area contributed by atoms with Crippen molar-refractivity contribution in [2.24, 2.45) is 0 Å². The lowest BCUT2D eigenvalue weighted by atomic mass is 10.1. The van der Waals surface area contributed by atoms with Gasteiger partial charge < -0.3 is 9.73 Å². The maximum atomic E-state index is 12.9. The molecule has 7 nitrogen and oxygen atoms in total. The Morgan fingerprint density at radius 1 is 1.14 bits per heavy atom. The van der Waals surface area contributed by atoms with E-state index in [2.05, 4.69) is 10.3 Å². The van der Waals surface area contributed by atoms with Crippen LogP contribution in [0.3, 0.4) is 0 Å². The highest BCUT2D eigenvalue weighted by Gasteiger charge is 2.12. The molecule has 1 amide bonds. The van der Waals surface area contributed by atoms with E-state index in [-0.39, 0.29) is 28.4 Å². The molecule has 0 aliphatic rings. The predicted octanol–water partition coefficient (Wildman–Crippen LogP) is 3.82. The fraction of sp³-hybridized carbons (Fsp3) is 0.100. The predicted molar refractivity (Wildman–Crippen MR) is 112 cm³/mol. The fourth-order valence-corrected chi connectivity index (χ4v) is 3.67. The Bertz CT molecular complexity index is 1410. The zero-order valence-corrected chi connectivity index (χ0v) is 16.5. The highest BCUT2D eigenvalue weighted by molar-refractivity contribution is 6.38. The van der Waals surface area contributed by atoms with Gasteiger partial charge in [0.25, 0.3) is 5.56 Å². The molecule has 2 aromatic carbocycles. The standard InChI is InChI=1S/C20H13Cl2N3O4/c1-10(26)24-13-2-3-14-11(4-18(27)29-17(14)7-13)8-25-9-23-19-15(20(25)28)5-12(21)6-16(19)22/h2-7,9H,8H2,1H3,(H,24,26). The van der Waals surface area contributed by atoms with E-state index in [1.165, 1.54) is 36.0 Å². The van der Waals surface area contributed by atoms with Gasteiger partial charge in [0.2, 0.25) is 5.91 Å². The molecule has 4 rings (SSSR count). The third-order valence-electron chi connectivity index (χ3n) is 4.34. The Kier molecular flexibility index (Phi) is 4.86. The van der Waals surface area contributed by atoms with Gasteiger partial charge in [0.1, 0.15) is 5.58 Å². The Morgan fingerprint density at radius 2 is 1.93 bits per heavy atom. The Balaban J connectivity index is 1.84. The zero-order chi connectivity index (χ0) is 20.7. The fourth-order valence-electron chi connectivity index (χ4n) is 3.13. The molecule has 0 aliphatic carbocycles. The van der Waals surface area contributed by atoms with Crippen molar-refractivity contribution in [2.75, 3.05) is 5.32 Å². The number of nitrogens with zero attached hydrogens (tertiary/aromatic N) is 2. The molecule has 9 heteroatoms. The van der Waals surface area contributed by atoms with Crippen molar-refractivity contribution < 1.29 is 9.21 Å². The van der Waals surface area contributed by atoms with E-state index in [1.54, 1.807) is 18.2 Å². The van der Waals surface area contributed by atoms with Gasteiger partial charge in [-0.05, 0) is 29.8 Å². The van der Waals surface area contributed by atoms with E-state index >= 15 is 0 Å². The number of benzene rings is 2. The first-order valence-corrected chi connectivity index (χ1v) is 9.26. The average Bonchev–Trinajstić information content (AvgIpc) is 2.63. The minimum Gasteiger partial charge on any atom is -0.423 e. The smallest absolute Gasteiger partial charge is 0.336 e. The van der Waals surface area contributed by atoms with Crippen molar-refractivity contribution in [3.8, 4) is 0 Å². The summed E-state index contributed by atoms with van der Waals surface area (Å²) >= 11 is 12.1. The number of amides is 1. The van der Waals surface area contributed by atoms with Gasteiger partial charge in [0.15, 0.2) is 0 Å². The second-order valence-corrected chi connectivity index (χ2v) is 7.29. The number of hydrogen-bond donors (Lipinski definition) is 1. The lowest BCUT2D eigenvalue weighted by Crippen LogP contribution is -2.22. The Hall–Kier alpha value is -3.16. The van der Waals surface area contributed by atoms with Crippen LogP contribution in [0.5, 0.6) is 0 Å². The summed E-state index contributed by atoms with van der Waals surface area (Å²) < 4.78 is 6.62. The van der Waals surface area contributed by atoms with Crippen LogP contribution in [0.2, 0.25) is 10.0 Å². The molecule has 1 N–H and O–H groups in total. The monoisotopic (exact) mass is 429 g/mol. The highest BCUT2D eigenvalue weighted by Crippen LogP contribution is 2.25. The number of carbonyl (C=O) groups is 1. The van der Waals surface area contributed by atoms with E-state index in [0.717, 1.165) is 0 Å². The van der Waals surface area contributed by atoms with E-state index < -0.39 is 5.63 Å². The van der Waals surface area contributed by atoms with Crippen LogP contribution in [0.25, 0.3) is 21.9 Å². The first-order chi connectivity index (χ1) is 13.8. The number of anilines is 1. The molecular formula is C20H13Cl2N3O4. The maximum Gasteiger partial charge on any atom is 0.336 e. The van der Waals surface area contributed by atoms with E-state index in [0.29, 0.717) is 32.8 Å². The van der Waals surface area contributed by atoms with Crippen molar-refractivity contribution in [3.63, 3.8) is 0 Å². The van der Waals surface area contributed by atoms with Gasteiger partial charge in [0, 0.05) is 35.2 Å². The van der Waals surface area contributed by atoms with Crippen LogP contribution in [-0.4, -0.2) is 15.5 Å². The number of carbonyl (C=O) groups excluding carboxylic acids is 1.